The van der Waals surface area contributed by atoms with Gasteiger partial charge in [-0.05, 0) is 30.2 Å². The second-order valence-corrected chi connectivity index (χ2v) is 7.75. The minimum absolute atomic E-state index is 0.109. The zero-order chi connectivity index (χ0) is 19.1. The fourth-order valence-electron chi connectivity index (χ4n) is 4.36. The van der Waals surface area contributed by atoms with Crippen molar-refractivity contribution in [1.82, 2.24) is 5.32 Å². The van der Waals surface area contributed by atoms with Gasteiger partial charge in [-0.15, -0.1) is 0 Å². The molecule has 2 aliphatic carbocycles. The lowest BCUT2D eigenvalue weighted by Crippen LogP contribution is -2.30. The Morgan fingerprint density at radius 1 is 1.22 bits per heavy atom. The normalized spacial score (nSPS) is 27.1. The van der Waals surface area contributed by atoms with Gasteiger partial charge in [-0.3, -0.25) is 9.59 Å². The van der Waals surface area contributed by atoms with Crippen LogP contribution in [0.4, 0.5) is 0 Å². The Labute approximate surface area is 158 Å². The zero-order valence-electron chi connectivity index (χ0n) is 15.6. The Morgan fingerprint density at radius 3 is 2.52 bits per heavy atom. The fraction of sp³-hybridized carbons (Fsp3) is 0.455. The third-order valence-electron chi connectivity index (χ3n) is 6.01. The van der Waals surface area contributed by atoms with Gasteiger partial charge < -0.3 is 14.8 Å². The Kier molecular flexibility index (Phi) is 4.64. The summed E-state index contributed by atoms with van der Waals surface area (Å²) >= 11 is 0. The summed E-state index contributed by atoms with van der Waals surface area (Å²) in [6.45, 7) is 3.76. The number of benzene rings is 1. The van der Waals surface area contributed by atoms with E-state index in [0.29, 0.717) is 29.6 Å². The lowest BCUT2D eigenvalue weighted by Gasteiger charge is -2.13. The van der Waals surface area contributed by atoms with E-state index in [0.717, 1.165) is 18.4 Å². The van der Waals surface area contributed by atoms with Gasteiger partial charge in [0.1, 0.15) is 5.76 Å². The first-order valence-electron chi connectivity index (χ1n) is 9.70. The van der Waals surface area contributed by atoms with Crippen molar-refractivity contribution in [2.75, 3.05) is 0 Å². The van der Waals surface area contributed by atoms with Crippen molar-refractivity contribution < 1.29 is 19.1 Å². The monoisotopic (exact) mass is 367 g/mol. The van der Waals surface area contributed by atoms with Crippen LogP contribution in [0.3, 0.4) is 0 Å². The first-order valence-corrected chi connectivity index (χ1v) is 9.70. The molecule has 27 heavy (non-hydrogen) atoms. The summed E-state index contributed by atoms with van der Waals surface area (Å²) in [5, 5.41) is 12.8. The summed E-state index contributed by atoms with van der Waals surface area (Å²) in [6, 6.07) is 11.5. The first kappa shape index (κ1) is 18.0. The molecule has 3 unspecified atom stereocenters. The summed E-state index contributed by atoms with van der Waals surface area (Å²) in [6.07, 6.45) is 1.62. The maximum atomic E-state index is 12.9. The highest BCUT2D eigenvalue weighted by molar-refractivity contribution is 6.00. The molecule has 142 valence electrons. The fourth-order valence-corrected chi connectivity index (χ4v) is 4.36. The largest absolute Gasteiger partial charge is 0.456 e. The number of Topliss-reactive ketones (excluding diaryl/α,β-unsaturated/α-hetero) is 1. The summed E-state index contributed by atoms with van der Waals surface area (Å²) < 4.78 is 5.87. The topological polar surface area (TPSA) is 79.5 Å². The van der Waals surface area contributed by atoms with Gasteiger partial charge >= 0.3 is 0 Å². The number of aliphatic hydroxyl groups excluding tert-OH is 1. The Morgan fingerprint density at radius 2 is 1.89 bits per heavy atom. The lowest BCUT2D eigenvalue weighted by molar-refractivity contribution is 0.0931. The molecule has 2 N–H and O–H groups in total. The number of furan rings is 1. The van der Waals surface area contributed by atoms with E-state index < -0.39 is 0 Å². The van der Waals surface area contributed by atoms with Crippen molar-refractivity contribution in [3.05, 3.63) is 59.0 Å². The molecule has 0 bridgehead atoms. The summed E-state index contributed by atoms with van der Waals surface area (Å²) in [5.74, 6) is 1.09. The maximum Gasteiger partial charge on any atom is 0.255 e. The minimum Gasteiger partial charge on any atom is -0.456 e. The summed E-state index contributed by atoms with van der Waals surface area (Å²) in [7, 11) is 0. The van der Waals surface area contributed by atoms with Gasteiger partial charge in [0.05, 0.1) is 11.7 Å². The van der Waals surface area contributed by atoms with Crippen LogP contribution in [0.1, 0.15) is 71.3 Å². The number of fused-ring (bicyclic) bond motifs is 1. The van der Waals surface area contributed by atoms with Gasteiger partial charge in [0.2, 0.25) is 0 Å². The minimum atomic E-state index is -0.232. The van der Waals surface area contributed by atoms with Gasteiger partial charge in [0.25, 0.3) is 5.91 Å². The van der Waals surface area contributed by atoms with E-state index in [4.69, 9.17) is 4.42 Å². The molecule has 2 aliphatic rings. The van der Waals surface area contributed by atoms with Gasteiger partial charge in [-0.2, -0.15) is 0 Å². The molecule has 2 saturated carbocycles. The molecule has 5 atom stereocenters. The van der Waals surface area contributed by atoms with Gasteiger partial charge in [-0.1, -0.05) is 44.2 Å². The van der Waals surface area contributed by atoms with E-state index in [1.54, 1.807) is 13.0 Å². The number of nitrogens with one attached hydrogen (secondary N) is 1. The highest BCUT2D eigenvalue weighted by atomic mass is 16.3. The molecule has 2 fully saturated rings. The van der Waals surface area contributed by atoms with Crippen molar-refractivity contribution in [1.29, 1.82) is 0 Å². The lowest BCUT2D eigenvalue weighted by atomic mass is 9.96. The van der Waals surface area contributed by atoms with Crippen LogP contribution in [0.25, 0.3) is 0 Å². The number of carbonyl (C=O) groups is 2. The molecule has 4 rings (SSSR count). The molecule has 1 heterocycles. The van der Waals surface area contributed by atoms with Crippen molar-refractivity contribution >= 4 is 11.7 Å². The van der Waals surface area contributed by atoms with Crippen LogP contribution in [-0.2, 0) is 0 Å². The predicted molar refractivity (Wildman–Crippen MR) is 101 cm³/mol. The van der Waals surface area contributed by atoms with Crippen LogP contribution < -0.4 is 5.32 Å². The summed E-state index contributed by atoms with van der Waals surface area (Å²) in [5.41, 5.74) is 1.47. The molecule has 0 radical (unpaired) electrons. The average molecular weight is 367 g/mol. The second-order valence-electron chi connectivity index (χ2n) is 7.75. The predicted octanol–water partition coefficient (Wildman–Crippen LogP) is 3.52. The van der Waals surface area contributed by atoms with E-state index in [-0.39, 0.29) is 35.5 Å². The second kappa shape index (κ2) is 6.97. The van der Waals surface area contributed by atoms with Gasteiger partial charge in [-0.25, -0.2) is 0 Å². The average Bonchev–Trinajstić information content (AvgIpc) is 3.07. The number of hydrogen-bond donors (Lipinski definition) is 2. The number of amides is 1. The number of aliphatic hydroxyl groups is 1. The van der Waals surface area contributed by atoms with Gasteiger partial charge in [0.15, 0.2) is 11.5 Å². The molecular formula is C22H25NO4. The van der Waals surface area contributed by atoms with Crippen LogP contribution in [0.5, 0.6) is 0 Å². The van der Waals surface area contributed by atoms with E-state index in [9.17, 15) is 14.7 Å². The standard InChI is InChI=1S/C22H25NO4/c1-3-18(25)19-11-17(21(27-19)12(2)13-7-5-4-6-8-13)22(26)23-20-15-9-14(24)10-16(15)20/h4-8,11-12,14-16,20,24H,3,9-10H2,1-2H3,(H,23,26)/t12?,14?,15-,16+,20?. The highest BCUT2D eigenvalue weighted by Crippen LogP contribution is 2.52. The molecule has 1 aromatic carbocycles. The number of hydrogen-bond acceptors (Lipinski definition) is 4. The molecular weight excluding hydrogens is 342 g/mol. The SMILES string of the molecule is CCC(=O)c1cc(C(=O)NC2[C@H]3CC(O)C[C@@H]23)c(C(C)c2ccccc2)o1. The third kappa shape index (κ3) is 3.32. The highest BCUT2D eigenvalue weighted by Gasteiger charge is 2.56. The number of rotatable bonds is 6. The quantitative estimate of drug-likeness (QED) is 0.766. The van der Waals surface area contributed by atoms with Crippen LogP contribution in [0.15, 0.2) is 40.8 Å². The van der Waals surface area contributed by atoms with E-state index >= 15 is 0 Å². The molecule has 2 aromatic rings. The van der Waals surface area contributed by atoms with Crippen molar-refractivity contribution in [2.24, 2.45) is 11.8 Å². The van der Waals surface area contributed by atoms with Crippen LogP contribution in [0.2, 0.25) is 0 Å². The van der Waals surface area contributed by atoms with Crippen LogP contribution >= 0.6 is 0 Å². The Balaban J connectivity index is 1.59. The van der Waals surface area contributed by atoms with Crippen molar-refractivity contribution in [2.45, 2.75) is 51.2 Å². The van der Waals surface area contributed by atoms with Crippen LogP contribution in [-0.4, -0.2) is 28.9 Å². The summed E-state index contributed by atoms with van der Waals surface area (Å²) in [4.78, 5) is 25.1. The molecule has 5 nitrogen and oxygen atoms in total. The maximum absolute atomic E-state index is 12.9. The van der Waals surface area contributed by atoms with Crippen LogP contribution in [0, 0.1) is 11.8 Å². The molecule has 1 aromatic heterocycles. The number of carbonyl (C=O) groups excluding carboxylic acids is 2. The smallest absolute Gasteiger partial charge is 0.255 e. The zero-order valence-corrected chi connectivity index (χ0v) is 15.6. The third-order valence-corrected chi connectivity index (χ3v) is 6.01. The Bertz CT molecular complexity index is 844. The van der Waals surface area contributed by atoms with Crippen molar-refractivity contribution in [3.63, 3.8) is 0 Å². The van der Waals surface area contributed by atoms with E-state index in [2.05, 4.69) is 5.32 Å². The Hall–Kier alpha value is -2.40. The first-order chi connectivity index (χ1) is 13.0. The van der Waals surface area contributed by atoms with E-state index in [1.807, 2.05) is 37.3 Å². The molecule has 0 aliphatic heterocycles. The number of ketones is 1. The van der Waals surface area contributed by atoms with E-state index in [1.165, 1.54) is 0 Å². The molecule has 5 heteroatoms. The molecule has 1 amide bonds. The van der Waals surface area contributed by atoms with Crippen molar-refractivity contribution in [3.8, 4) is 0 Å². The molecule has 0 saturated heterocycles. The van der Waals surface area contributed by atoms with Gasteiger partial charge in [0, 0.05) is 24.4 Å². The molecule has 0 spiro atoms.